The van der Waals surface area contributed by atoms with Gasteiger partial charge in [-0.3, -0.25) is 0 Å². The Morgan fingerprint density at radius 2 is 2.14 bits per heavy atom. The normalized spacial score (nSPS) is 11.0. The van der Waals surface area contributed by atoms with Gasteiger partial charge >= 0.3 is 0 Å². The van der Waals surface area contributed by atoms with E-state index in [0.29, 0.717) is 18.8 Å². The first-order valence-electron chi connectivity index (χ1n) is 6.17. The van der Waals surface area contributed by atoms with Gasteiger partial charge in [0.2, 0.25) is 0 Å². The summed E-state index contributed by atoms with van der Waals surface area (Å²) in [5.74, 6) is -0.453. The Labute approximate surface area is 129 Å². The molecule has 8 heteroatoms. The lowest BCUT2D eigenvalue weighted by atomic mass is 10.3. The van der Waals surface area contributed by atoms with Crippen LogP contribution in [0.2, 0.25) is 5.02 Å². The second-order valence-electron chi connectivity index (χ2n) is 4.34. The molecule has 2 aromatic heterocycles. The molecule has 108 valence electrons. The number of hydrogen-bond donors (Lipinski definition) is 1. The summed E-state index contributed by atoms with van der Waals surface area (Å²) >= 11 is 7.32. The molecule has 0 amide bonds. The lowest BCUT2D eigenvalue weighted by molar-refractivity contribution is 0.627. The number of rotatable bonds is 5. The van der Waals surface area contributed by atoms with Crippen molar-refractivity contribution in [1.29, 1.82) is 0 Å². The van der Waals surface area contributed by atoms with E-state index in [2.05, 4.69) is 20.6 Å². The van der Waals surface area contributed by atoms with Gasteiger partial charge in [-0.05, 0) is 18.2 Å². The van der Waals surface area contributed by atoms with Crippen LogP contribution in [0.5, 0.6) is 0 Å². The van der Waals surface area contributed by atoms with E-state index in [0.717, 1.165) is 11.4 Å². The summed E-state index contributed by atoms with van der Waals surface area (Å²) in [6.45, 7) is 1.26. The predicted molar refractivity (Wildman–Crippen MR) is 79.0 cm³/mol. The monoisotopic (exact) mass is 323 g/mol. The number of benzene rings is 1. The molecule has 0 aliphatic rings. The fourth-order valence-electron chi connectivity index (χ4n) is 1.78. The molecule has 0 aliphatic heterocycles. The molecule has 21 heavy (non-hydrogen) atoms. The van der Waals surface area contributed by atoms with E-state index in [1.165, 1.54) is 12.1 Å². The fourth-order valence-corrected chi connectivity index (χ4v) is 2.51. The van der Waals surface area contributed by atoms with Crippen molar-refractivity contribution in [3.8, 4) is 5.69 Å². The number of aromatic nitrogens is 4. The number of thiazole rings is 1. The van der Waals surface area contributed by atoms with Crippen LogP contribution in [0.25, 0.3) is 5.69 Å². The molecular formula is C13H11ClFN5S. The quantitative estimate of drug-likeness (QED) is 0.784. The second kappa shape index (κ2) is 6.30. The Morgan fingerprint density at radius 1 is 1.29 bits per heavy atom. The minimum Gasteiger partial charge on any atom is -0.305 e. The van der Waals surface area contributed by atoms with Crippen LogP contribution < -0.4 is 5.32 Å². The Hall–Kier alpha value is -1.83. The lowest BCUT2D eigenvalue weighted by Crippen LogP contribution is -2.13. The third-order valence-corrected chi connectivity index (χ3v) is 3.73. The van der Waals surface area contributed by atoms with Crippen LogP contribution in [0.15, 0.2) is 35.3 Å². The molecule has 2 heterocycles. The van der Waals surface area contributed by atoms with Crippen molar-refractivity contribution in [3.05, 3.63) is 57.5 Å². The van der Waals surface area contributed by atoms with Gasteiger partial charge in [0, 0.05) is 18.5 Å². The Kier molecular flexibility index (Phi) is 4.23. The van der Waals surface area contributed by atoms with Gasteiger partial charge in [0.15, 0.2) is 0 Å². The maximum atomic E-state index is 13.1. The highest BCUT2D eigenvalue weighted by molar-refractivity contribution is 7.07. The van der Waals surface area contributed by atoms with E-state index in [1.807, 2.05) is 5.38 Å². The third kappa shape index (κ3) is 3.44. The molecule has 0 saturated carbocycles. The molecule has 0 saturated heterocycles. The van der Waals surface area contributed by atoms with Crippen molar-refractivity contribution >= 4 is 22.9 Å². The number of hydrogen-bond acceptors (Lipinski definition) is 5. The second-order valence-corrected chi connectivity index (χ2v) is 5.46. The van der Waals surface area contributed by atoms with Crippen molar-refractivity contribution in [2.45, 2.75) is 13.1 Å². The van der Waals surface area contributed by atoms with Crippen LogP contribution in [-0.2, 0) is 13.1 Å². The average molecular weight is 324 g/mol. The molecule has 5 nitrogen and oxygen atoms in total. The van der Waals surface area contributed by atoms with Gasteiger partial charge in [-0.25, -0.2) is 14.1 Å². The molecule has 0 radical (unpaired) electrons. The van der Waals surface area contributed by atoms with Crippen molar-refractivity contribution < 1.29 is 4.39 Å². The van der Waals surface area contributed by atoms with Gasteiger partial charge in [-0.1, -0.05) is 16.8 Å². The van der Waals surface area contributed by atoms with Gasteiger partial charge in [0.05, 0.1) is 33.8 Å². The molecule has 1 aromatic carbocycles. The van der Waals surface area contributed by atoms with Gasteiger partial charge < -0.3 is 5.32 Å². The summed E-state index contributed by atoms with van der Waals surface area (Å²) in [5, 5.41) is 13.3. The van der Waals surface area contributed by atoms with Crippen LogP contribution in [0.3, 0.4) is 0 Å². The van der Waals surface area contributed by atoms with Crippen molar-refractivity contribution in [1.82, 2.24) is 25.3 Å². The number of halogens is 2. The predicted octanol–water partition coefficient (Wildman–Crippen LogP) is 2.81. The number of nitrogens with one attached hydrogen (secondary N) is 1. The average Bonchev–Trinajstić information content (AvgIpc) is 3.13. The molecular weight excluding hydrogens is 313 g/mol. The maximum Gasteiger partial charge on any atom is 0.141 e. The molecule has 0 bridgehead atoms. The zero-order valence-electron chi connectivity index (χ0n) is 10.8. The van der Waals surface area contributed by atoms with Crippen molar-refractivity contribution in [2.75, 3.05) is 0 Å². The zero-order chi connectivity index (χ0) is 14.7. The standard InChI is InChI=1S/C13H11ClFN5S/c14-12-3-11(1-2-13(12)15)20-6-9(18-19-20)4-16-5-10-7-21-8-17-10/h1-3,6-8,16H,4-5H2. The number of nitrogens with zero attached hydrogens (tertiary/aromatic N) is 4. The smallest absolute Gasteiger partial charge is 0.141 e. The van der Waals surface area contributed by atoms with Crippen LogP contribution in [0, 0.1) is 5.82 Å². The first kappa shape index (κ1) is 14.1. The van der Waals surface area contributed by atoms with Crippen LogP contribution in [0.1, 0.15) is 11.4 Å². The van der Waals surface area contributed by atoms with Gasteiger partial charge in [-0.15, -0.1) is 16.4 Å². The highest BCUT2D eigenvalue weighted by Gasteiger charge is 2.06. The highest BCUT2D eigenvalue weighted by atomic mass is 35.5. The topological polar surface area (TPSA) is 55.6 Å². The van der Waals surface area contributed by atoms with Crippen LogP contribution in [-0.4, -0.2) is 20.0 Å². The SMILES string of the molecule is Fc1ccc(-n2cc(CNCc3cscn3)nn2)cc1Cl. The summed E-state index contributed by atoms with van der Waals surface area (Å²) < 4.78 is 14.7. The first-order valence-corrected chi connectivity index (χ1v) is 7.49. The van der Waals surface area contributed by atoms with E-state index in [4.69, 9.17) is 11.6 Å². The van der Waals surface area contributed by atoms with Crippen molar-refractivity contribution in [2.24, 2.45) is 0 Å². The summed E-state index contributed by atoms with van der Waals surface area (Å²) in [4.78, 5) is 4.18. The zero-order valence-corrected chi connectivity index (χ0v) is 12.4. The maximum absolute atomic E-state index is 13.1. The van der Waals surface area contributed by atoms with Gasteiger partial charge in [-0.2, -0.15) is 0 Å². The van der Waals surface area contributed by atoms with E-state index in [9.17, 15) is 4.39 Å². The first-order chi connectivity index (χ1) is 10.2. The van der Waals surface area contributed by atoms with E-state index in [1.54, 1.807) is 33.8 Å². The molecule has 0 spiro atoms. The molecule has 0 unspecified atom stereocenters. The molecule has 0 aliphatic carbocycles. The summed E-state index contributed by atoms with van der Waals surface area (Å²) in [6, 6.07) is 4.42. The summed E-state index contributed by atoms with van der Waals surface area (Å²) in [6.07, 6.45) is 1.78. The van der Waals surface area contributed by atoms with Gasteiger partial charge in [0.1, 0.15) is 5.82 Å². The van der Waals surface area contributed by atoms with Crippen molar-refractivity contribution in [3.63, 3.8) is 0 Å². The molecule has 3 rings (SSSR count). The molecule has 3 aromatic rings. The van der Waals surface area contributed by atoms with E-state index >= 15 is 0 Å². The highest BCUT2D eigenvalue weighted by Crippen LogP contribution is 2.18. The minimum absolute atomic E-state index is 0.0613. The molecule has 0 fully saturated rings. The minimum atomic E-state index is -0.453. The molecule has 0 atom stereocenters. The third-order valence-electron chi connectivity index (χ3n) is 2.80. The van der Waals surface area contributed by atoms with Gasteiger partial charge in [0.25, 0.3) is 0 Å². The Morgan fingerprint density at radius 3 is 2.90 bits per heavy atom. The Balaban J connectivity index is 1.64. The Bertz CT molecular complexity index is 728. The molecule has 1 N–H and O–H groups in total. The van der Waals surface area contributed by atoms with E-state index < -0.39 is 5.82 Å². The fraction of sp³-hybridized carbons (Fsp3) is 0.154. The lowest BCUT2D eigenvalue weighted by Gasteiger charge is -2.01. The summed E-state index contributed by atoms with van der Waals surface area (Å²) in [5.41, 5.74) is 4.24. The largest absolute Gasteiger partial charge is 0.305 e. The van der Waals surface area contributed by atoms with Crippen LogP contribution >= 0.6 is 22.9 Å². The summed E-state index contributed by atoms with van der Waals surface area (Å²) in [7, 11) is 0. The van der Waals surface area contributed by atoms with Crippen LogP contribution in [0.4, 0.5) is 4.39 Å². The van der Waals surface area contributed by atoms with E-state index in [-0.39, 0.29) is 5.02 Å².